The Hall–Kier alpha value is -3.42. The molecule has 1 saturated heterocycles. The van der Waals surface area contributed by atoms with Crippen molar-refractivity contribution in [3.05, 3.63) is 94.7 Å². The highest BCUT2D eigenvalue weighted by Gasteiger charge is 2.52. The molecule has 7 heteroatoms. The summed E-state index contributed by atoms with van der Waals surface area (Å²) in [4.78, 5) is 17.3. The van der Waals surface area contributed by atoms with Crippen molar-refractivity contribution in [3.8, 4) is 11.1 Å². The van der Waals surface area contributed by atoms with E-state index in [4.69, 9.17) is 14.0 Å². The van der Waals surface area contributed by atoms with Crippen molar-refractivity contribution in [1.82, 2.24) is 10.3 Å². The molecule has 1 aliphatic carbocycles. The number of amides is 1. The molecule has 0 bridgehead atoms. The van der Waals surface area contributed by atoms with Crippen molar-refractivity contribution >= 4 is 19.3 Å². The van der Waals surface area contributed by atoms with Gasteiger partial charge in [0.15, 0.2) is 0 Å². The van der Waals surface area contributed by atoms with Crippen LogP contribution in [0.4, 0.5) is 4.79 Å². The number of pyridine rings is 1. The summed E-state index contributed by atoms with van der Waals surface area (Å²) >= 11 is 0. The van der Waals surface area contributed by atoms with Crippen LogP contribution in [0.15, 0.2) is 72.3 Å². The van der Waals surface area contributed by atoms with Crippen molar-refractivity contribution in [1.29, 1.82) is 0 Å². The summed E-state index contributed by atoms with van der Waals surface area (Å²) in [7, 11) is -0.610. The van der Waals surface area contributed by atoms with Gasteiger partial charge in [0.05, 0.1) is 16.9 Å². The number of carbonyl (C=O) groups excluding carboxylic acids is 1. The van der Waals surface area contributed by atoms with Crippen LogP contribution in [-0.2, 0) is 14.0 Å². The first-order valence-corrected chi connectivity index (χ1v) is 12.7. The maximum absolute atomic E-state index is 12.8. The topological polar surface area (TPSA) is 69.7 Å². The van der Waals surface area contributed by atoms with E-state index in [0.717, 1.165) is 16.7 Å². The molecule has 5 rings (SSSR count). The predicted molar refractivity (Wildman–Crippen MR) is 146 cm³/mol. The summed E-state index contributed by atoms with van der Waals surface area (Å²) in [6.07, 6.45) is 3.20. The Bertz CT molecular complexity index is 1290. The van der Waals surface area contributed by atoms with Crippen molar-refractivity contribution in [3.63, 3.8) is 0 Å². The van der Waals surface area contributed by atoms with E-state index < -0.39 is 24.4 Å². The number of alkyl carbamates (subject to hydrolysis) is 1. The molecule has 1 N–H and O–H groups in total. The number of rotatable bonds is 6. The predicted octanol–water partition coefficient (Wildman–Crippen LogP) is 5.94. The van der Waals surface area contributed by atoms with Gasteiger partial charge in [-0.2, -0.15) is 0 Å². The quantitative estimate of drug-likeness (QED) is 0.428. The minimum atomic E-state index is -0.610. The molecule has 0 radical (unpaired) electrons. The second kappa shape index (κ2) is 9.80. The van der Waals surface area contributed by atoms with Crippen molar-refractivity contribution < 1.29 is 18.8 Å². The van der Waals surface area contributed by atoms with E-state index in [1.165, 1.54) is 22.3 Å². The van der Waals surface area contributed by atoms with Crippen LogP contribution >= 0.6 is 0 Å². The molecule has 0 unspecified atom stereocenters. The SMILES string of the molecule is Cc1ccnc(C=C(CNC(=O)OCC2c3ccccc3-c3ccccc32)B2OC(C)(C)C(C)(C)O2)c1. The molecule has 37 heavy (non-hydrogen) atoms. The first kappa shape index (κ1) is 25.2. The minimum Gasteiger partial charge on any atom is -0.449 e. The highest BCUT2D eigenvalue weighted by molar-refractivity contribution is 6.56. The third-order valence-corrected chi connectivity index (χ3v) is 7.61. The molecule has 6 nitrogen and oxygen atoms in total. The number of aromatic nitrogens is 1. The van der Waals surface area contributed by atoms with E-state index in [2.05, 4.69) is 34.6 Å². The Labute approximate surface area is 219 Å². The van der Waals surface area contributed by atoms with Crippen molar-refractivity contribution in [2.24, 2.45) is 0 Å². The molecular formula is C30H33BN2O4. The summed E-state index contributed by atoms with van der Waals surface area (Å²) in [6, 6.07) is 20.5. The number of nitrogens with zero attached hydrogens (tertiary/aromatic N) is 1. The van der Waals surface area contributed by atoms with Gasteiger partial charge < -0.3 is 19.4 Å². The van der Waals surface area contributed by atoms with E-state index in [1.807, 2.05) is 77.1 Å². The molecule has 1 aromatic heterocycles. The van der Waals surface area contributed by atoms with Crippen LogP contribution in [0.1, 0.15) is 56.0 Å². The van der Waals surface area contributed by atoms with Gasteiger partial charge in [-0.1, -0.05) is 48.5 Å². The van der Waals surface area contributed by atoms with Gasteiger partial charge >= 0.3 is 13.2 Å². The number of benzene rings is 2. The third kappa shape index (κ3) is 5.06. The molecule has 0 spiro atoms. The maximum Gasteiger partial charge on any atom is 0.492 e. The van der Waals surface area contributed by atoms with Crippen LogP contribution in [0.2, 0.25) is 0 Å². The minimum absolute atomic E-state index is 0.00718. The van der Waals surface area contributed by atoms with E-state index in [-0.39, 0.29) is 19.1 Å². The average molecular weight is 496 g/mol. The normalized spacial score (nSPS) is 17.9. The summed E-state index contributed by atoms with van der Waals surface area (Å²) < 4.78 is 18.3. The number of ether oxygens (including phenoxy) is 1. The largest absolute Gasteiger partial charge is 0.492 e. The van der Waals surface area contributed by atoms with Gasteiger partial charge in [-0.05, 0) is 86.1 Å². The van der Waals surface area contributed by atoms with Crippen LogP contribution in [-0.4, -0.2) is 42.5 Å². The highest BCUT2D eigenvalue weighted by atomic mass is 16.7. The fourth-order valence-corrected chi connectivity index (χ4v) is 4.85. The lowest BCUT2D eigenvalue weighted by Crippen LogP contribution is -2.41. The van der Waals surface area contributed by atoms with Crippen LogP contribution in [0.3, 0.4) is 0 Å². The van der Waals surface area contributed by atoms with Crippen LogP contribution in [0.5, 0.6) is 0 Å². The zero-order valence-corrected chi connectivity index (χ0v) is 22.1. The molecule has 2 aliphatic rings. The third-order valence-electron chi connectivity index (χ3n) is 7.61. The molecule has 1 aliphatic heterocycles. The molecule has 0 saturated carbocycles. The Morgan fingerprint density at radius 2 is 1.59 bits per heavy atom. The zero-order valence-electron chi connectivity index (χ0n) is 22.1. The summed E-state index contributed by atoms with van der Waals surface area (Å²) in [6.45, 7) is 10.5. The number of hydrogen-bond acceptors (Lipinski definition) is 5. The van der Waals surface area contributed by atoms with E-state index in [0.29, 0.717) is 0 Å². The van der Waals surface area contributed by atoms with Gasteiger partial charge in [0.2, 0.25) is 0 Å². The molecule has 190 valence electrons. The Balaban J connectivity index is 1.29. The lowest BCUT2D eigenvalue weighted by Gasteiger charge is -2.32. The molecule has 3 aromatic rings. The molecule has 1 fully saturated rings. The van der Waals surface area contributed by atoms with Gasteiger partial charge in [0, 0.05) is 18.7 Å². The van der Waals surface area contributed by atoms with Crippen molar-refractivity contribution in [2.45, 2.75) is 51.7 Å². The zero-order chi connectivity index (χ0) is 26.2. The summed E-state index contributed by atoms with van der Waals surface area (Å²) in [5, 5.41) is 2.90. The van der Waals surface area contributed by atoms with Crippen LogP contribution in [0.25, 0.3) is 17.2 Å². The first-order chi connectivity index (χ1) is 17.6. The van der Waals surface area contributed by atoms with E-state index >= 15 is 0 Å². The molecule has 1 amide bonds. The number of carbonyl (C=O) groups is 1. The highest BCUT2D eigenvalue weighted by Crippen LogP contribution is 2.44. The lowest BCUT2D eigenvalue weighted by atomic mass is 9.77. The summed E-state index contributed by atoms with van der Waals surface area (Å²) in [5.41, 5.74) is 6.40. The van der Waals surface area contributed by atoms with Crippen molar-refractivity contribution in [2.75, 3.05) is 13.2 Å². The van der Waals surface area contributed by atoms with Gasteiger partial charge in [-0.3, -0.25) is 4.98 Å². The Morgan fingerprint density at radius 1 is 1.00 bits per heavy atom. The second-order valence-corrected chi connectivity index (χ2v) is 10.7. The standard InChI is InChI=1S/C30H33BN2O4/c1-20-14-15-32-22(16-20)17-21(31-36-29(2,3)30(4,5)37-31)18-33-28(34)35-19-27-25-12-8-6-10-23(25)24-11-7-9-13-26(24)27/h6-17,27H,18-19H2,1-5H3,(H,33,34). The average Bonchev–Trinajstić information content (AvgIpc) is 3.29. The van der Waals surface area contributed by atoms with Gasteiger partial charge in [-0.25, -0.2) is 4.79 Å². The number of hydrogen-bond donors (Lipinski definition) is 1. The second-order valence-electron chi connectivity index (χ2n) is 10.7. The van der Waals surface area contributed by atoms with E-state index in [9.17, 15) is 4.79 Å². The molecular weight excluding hydrogens is 463 g/mol. The smallest absolute Gasteiger partial charge is 0.449 e. The monoisotopic (exact) mass is 496 g/mol. The van der Waals surface area contributed by atoms with E-state index in [1.54, 1.807) is 6.20 Å². The molecule has 2 aromatic carbocycles. The molecule has 0 atom stereocenters. The lowest BCUT2D eigenvalue weighted by molar-refractivity contribution is 0.00578. The summed E-state index contributed by atoms with van der Waals surface area (Å²) in [5.74, 6) is 0.00718. The van der Waals surface area contributed by atoms with Crippen LogP contribution < -0.4 is 5.32 Å². The molecule has 2 heterocycles. The number of fused-ring (bicyclic) bond motifs is 3. The fraction of sp³-hybridized carbons (Fsp3) is 0.333. The fourth-order valence-electron chi connectivity index (χ4n) is 4.85. The van der Waals surface area contributed by atoms with Crippen LogP contribution in [0, 0.1) is 6.92 Å². The van der Waals surface area contributed by atoms with Gasteiger partial charge in [0.1, 0.15) is 6.61 Å². The number of aryl methyl sites for hydroxylation is 1. The number of nitrogens with one attached hydrogen (secondary N) is 1. The maximum atomic E-state index is 12.8. The Kier molecular flexibility index (Phi) is 6.69. The van der Waals surface area contributed by atoms with Gasteiger partial charge in [-0.15, -0.1) is 0 Å². The first-order valence-electron chi connectivity index (χ1n) is 12.7. The Morgan fingerprint density at radius 3 is 2.19 bits per heavy atom. The van der Waals surface area contributed by atoms with Gasteiger partial charge in [0.25, 0.3) is 0 Å².